The normalized spacial score (nSPS) is 13.2. The van der Waals surface area contributed by atoms with Gasteiger partial charge in [0.1, 0.15) is 0 Å². The van der Waals surface area contributed by atoms with Crippen LogP contribution in [0.15, 0.2) is 78.2 Å². The lowest BCUT2D eigenvalue weighted by atomic mass is 10.1. The predicted molar refractivity (Wildman–Crippen MR) is 147 cm³/mol. The highest BCUT2D eigenvalue weighted by molar-refractivity contribution is 7.11. The molecule has 1 aliphatic rings. The molecule has 4 aromatic rings. The monoisotopic (exact) mass is 517 g/mol. The number of amides is 1. The number of nitrogens with one attached hydrogen (secondary N) is 1. The Morgan fingerprint density at radius 1 is 1.08 bits per heavy atom. The number of ketones is 1. The number of ether oxygens (including phenoxy) is 2. The van der Waals surface area contributed by atoms with Crippen LogP contribution < -0.4 is 15.0 Å². The second-order valence-electron chi connectivity index (χ2n) is 8.02. The van der Waals surface area contributed by atoms with E-state index in [2.05, 4.69) is 21.3 Å². The average molecular weight is 518 g/mol. The van der Waals surface area contributed by atoms with Crippen molar-refractivity contribution in [2.45, 2.75) is 0 Å². The van der Waals surface area contributed by atoms with E-state index in [1.807, 2.05) is 41.8 Å². The van der Waals surface area contributed by atoms with E-state index in [9.17, 15) is 9.59 Å². The first-order valence-corrected chi connectivity index (χ1v) is 12.5. The fourth-order valence-corrected chi connectivity index (χ4v) is 4.35. The molecular formula is C28H27N3O5S. The number of rotatable bonds is 6. The number of pyridine rings is 1. The minimum Gasteiger partial charge on any atom is -0.487 e. The van der Waals surface area contributed by atoms with Crippen molar-refractivity contribution in [1.29, 1.82) is 0 Å². The van der Waals surface area contributed by atoms with Gasteiger partial charge in [0.2, 0.25) is 0 Å². The second kappa shape index (κ2) is 12.7. The number of morpholine rings is 1. The van der Waals surface area contributed by atoms with Crippen LogP contribution in [0, 0.1) is 0 Å². The first-order chi connectivity index (χ1) is 18.0. The Kier molecular flexibility index (Phi) is 8.85. The summed E-state index contributed by atoms with van der Waals surface area (Å²) < 4.78 is 10.3. The topological polar surface area (TPSA) is 101 Å². The Bertz CT molecular complexity index is 1360. The molecule has 5 rings (SSSR count). The number of methoxy groups -OCH3 is 1. The van der Waals surface area contributed by atoms with Crippen LogP contribution in [-0.2, 0) is 4.74 Å². The van der Waals surface area contributed by atoms with Crippen LogP contribution in [0.3, 0.4) is 0 Å². The van der Waals surface area contributed by atoms with E-state index in [-0.39, 0.29) is 5.78 Å². The molecule has 0 bridgehead atoms. The number of thiophene rings is 1. The lowest BCUT2D eigenvalue weighted by Gasteiger charge is -2.30. The molecule has 3 heterocycles. The summed E-state index contributed by atoms with van der Waals surface area (Å²) in [6.07, 6.45) is 2.05. The summed E-state index contributed by atoms with van der Waals surface area (Å²) in [4.78, 5) is 30.1. The quantitative estimate of drug-likeness (QED) is 0.246. The van der Waals surface area contributed by atoms with Crippen molar-refractivity contribution < 1.29 is 24.2 Å². The number of hydrogen-bond donors (Lipinski definition) is 2. The van der Waals surface area contributed by atoms with Gasteiger partial charge >= 0.3 is 6.09 Å². The zero-order valence-corrected chi connectivity index (χ0v) is 21.1. The molecule has 0 unspecified atom stereocenters. The summed E-state index contributed by atoms with van der Waals surface area (Å²) in [5.74, 6) is -0.181. The van der Waals surface area contributed by atoms with Gasteiger partial charge in [0.15, 0.2) is 10.8 Å². The maximum absolute atomic E-state index is 12.5. The van der Waals surface area contributed by atoms with E-state index in [1.165, 1.54) is 6.08 Å². The van der Waals surface area contributed by atoms with Crippen LogP contribution >= 0.6 is 11.3 Å². The van der Waals surface area contributed by atoms with E-state index >= 15 is 0 Å². The third kappa shape index (κ3) is 7.16. The minimum atomic E-state index is -1.15. The van der Waals surface area contributed by atoms with Crippen LogP contribution in [0.1, 0.15) is 16.1 Å². The van der Waals surface area contributed by atoms with E-state index in [1.54, 1.807) is 48.8 Å². The minimum absolute atomic E-state index is 0.181. The maximum Gasteiger partial charge on any atom is 0.409 e. The zero-order valence-electron chi connectivity index (χ0n) is 20.3. The van der Waals surface area contributed by atoms with E-state index < -0.39 is 6.09 Å². The number of carboxylic acid groups (broad SMARTS) is 1. The SMILES string of the molecule is COc1cccs1.O=C(O)Nc1ccc(C(=O)C=Cc2cc(N3CCOCC3)c3ccccc3n2)cc1. The van der Waals surface area contributed by atoms with Crippen LogP contribution in [0.25, 0.3) is 17.0 Å². The number of anilines is 2. The van der Waals surface area contributed by atoms with Gasteiger partial charge in [0.25, 0.3) is 0 Å². The Morgan fingerprint density at radius 2 is 1.84 bits per heavy atom. The Balaban J connectivity index is 0.000000396. The van der Waals surface area contributed by atoms with Gasteiger partial charge in [-0.05, 0) is 66.1 Å². The average Bonchev–Trinajstić information content (AvgIpc) is 3.46. The van der Waals surface area contributed by atoms with Crippen LogP contribution in [0.2, 0.25) is 0 Å². The number of carbonyl (C=O) groups excluding carboxylic acids is 1. The number of hydrogen-bond acceptors (Lipinski definition) is 7. The molecule has 8 nitrogen and oxygen atoms in total. The van der Waals surface area contributed by atoms with E-state index in [4.69, 9.17) is 14.6 Å². The third-order valence-electron chi connectivity index (χ3n) is 5.59. The van der Waals surface area contributed by atoms with Gasteiger partial charge in [-0.25, -0.2) is 9.78 Å². The van der Waals surface area contributed by atoms with Crippen molar-refractivity contribution >= 4 is 51.6 Å². The molecule has 0 aliphatic carbocycles. The van der Waals surface area contributed by atoms with Crippen molar-refractivity contribution in [3.05, 3.63) is 89.4 Å². The fourth-order valence-electron chi connectivity index (χ4n) is 3.81. The summed E-state index contributed by atoms with van der Waals surface area (Å²) in [6.45, 7) is 3.00. The zero-order chi connectivity index (χ0) is 26.0. The van der Waals surface area contributed by atoms with Crippen molar-refractivity contribution in [3.63, 3.8) is 0 Å². The molecule has 1 fully saturated rings. The van der Waals surface area contributed by atoms with Crippen LogP contribution in [0.5, 0.6) is 5.06 Å². The smallest absolute Gasteiger partial charge is 0.409 e. The van der Waals surface area contributed by atoms with Crippen molar-refractivity contribution in [1.82, 2.24) is 4.98 Å². The van der Waals surface area contributed by atoms with Gasteiger partial charge in [0, 0.05) is 35.4 Å². The molecule has 1 amide bonds. The number of benzene rings is 2. The Hall–Kier alpha value is -4.21. The number of para-hydroxylation sites is 1. The Morgan fingerprint density at radius 3 is 2.49 bits per heavy atom. The third-order valence-corrected chi connectivity index (χ3v) is 6.42. The van der Waals surface area contributed by atoms with Gasteiger partial charge in [-0.1, -0.05) is 18.2 Å². The molecule has 9 heteroatoms. The van der Waals surface area contributed by atoms with Crippen molar-refractivity contribution in [3.8, 4) is 5.06 Å². The standard InChI is InChI=1S/C23H21N3O4.C5H6OS/c27-22(16-5-7-17(8-6-16)25-23(28)29)10-9-18-15-21(26-11-13-30-14-12-26)19-3-1-2-4-20(19)24-18;1-6-5-3-2-4-7-5/h1-10,15,25H,11-14H2,(H,28,29);2-4H,1H3. The number of aromatic nitrogens is 1. The van der Waals surface area contributed by atoms with Crippen LogP contribution in [0.4, 0.5) is 16.2 Å². The molecule has 2 aromatic carbocycles. The summed E-state index contributed by atoms with van der Waals surface area (Å²) in [5.41, 5.74) is 3.54. The van der Waals surface area contributed by atoms with Crippen molar-refractivity contribution in [2.75, 3.05) is 43.6 Å². The first kappa shape index (κ1) is 25.9. The van der Waals surface area contributed by atoms with Gasteiger partial charge in [0.05, 0.1) is 31.5 Å². The molecular weight excluding hydrogens is 490 g/mol. The summed E-state index contributed by atoms with van der Waals surface area (Å²) in [5, 5.41) is 15.0. The fraction of sp³-hybridized carbons (Fsp3) is 0.179. The molecule has 2 aromatic heterocycles. The molecule has 0 saturated carbocycles. The molecule has 2 N–H and O–H groups in total. The van der Waals surface area contributed by atoms with E-state index in [0.717, 1.165) is 34.7 Å². The lowest BCUT2D eigenvalue weighted by Crippen LogP contribution is -2.36. The highest BCUT2D eigenvalue weighted by atomic mass is 32.1. The molecule has 0 spiro atoms. The van der Waals surface area contributed by atoms with Gasteiger partial charge in [-0.3, -0.25) is 10.1 Å². The maximum atomic E-state index is 12.5. The first-order valence-electron chi connectivity index (χ1n) is 11.7. The van der Waals surface area contributed by atoms with Gasteiger partial charge in [-0.2, -0.15) is 0 Å². The lowest BCUT2D eigenvalue weighted by molar-refractivity contribution is 0.104. The molecule has 0 radical (unpaired) electrons. The molecule has 190 valence electrons. The van der Waals surface area contributed by atoms with Gasteiger partial charge in [-0.15, -0.1) is 11.3 Å². The second-order valence-corrected chi connectivity index (χ2v) is 8.93. The summed E-state index contributed by atoms with van der Waals surface area (Å²) in [7, 11) is 1.67. The predicted octanol–water partition coefficient (Wildman–Crippen LogP) is 5.81. The number of carbonyl (C=O) groups is 2. The number of allylic oxidation sites excluding steroid dienone is 1. The highest BCUT2D eigenvalue weighted by Gasteiger charge is 2.15. The molecule has 0 atom stereocenters. The molecule has 37 heavy (non-hydrogen) atoms. The van der Waals surface area contributed by atoms with Crippen LogP contribution in [-0.4, -0.2) is 55.4 Å². The van der Waals surface area contributed by atoms with E-state index in [0.29, 0.717) is 30.2 Å². The number of nitrogens with zero attached hydrogens (tertiary/aromatic N) is 2. The molecule has 1 aliphatic heterocycles. The highest BCUT2D eigenvalue weighted by Crippen LogP contribution is 2.28. The summed E-state index contributed by atoms with van der Waals surface area (Å²) >= 11 is 1.60. The van der Waals surface area contributed by atoms with Gasteiger partial charge < -0.3 is 19.5 Å². The number of fused-ring (bicyclic) bond motifs is 1. The largest absolute Gasteiger partial charge is 0.487 e. The Labute approximate surface area is 218 Å². The van der Waals surface area contributed by atoms with Crippen molar-refractivity contribution in [2.24, 2.45) is 0 Å². The molecule has 1 saturated heterocycles. The summed E-state index contributed by atoms with van der Waals surface area (Å²) in [6, 6.07) is 20.1.